The molecule has 0 aliphatic heterocycles. The third-order valence-corrected chi connectivity index (χ3v) is 0.675. The molecule has 0 saturated heterocycles. The Kier molecular flexibility index (Phi) is 5.26. The predicted molar refractivity (Wildman–Crippen MR) is 17.6 cm³/mol. The van der Waals surface area contributed by atoms with Gasteiger partial charge in [-0.1, -0.05) is 0 Å². The number of hydrogen-bond donors (Lipinski definition) is 1. The van der Waals surface area contributed by atoms with E-state index in [-0.39, 0.29) is 27.3 Å². The summed E-state index contributed by atoms with van der Waals surface area (Å²) in [6, 6.07) is 0. The van der Waals surface area contributed by atoms with Crippen molar-refractivity contribution in [2.24, 2.45) is 0 Å². The number of hydrogen-bond acceptors (Lipinski definition) is 2. The van der Waals surface area contributed by atoms with Crippen molar-refractivity contribution in [2.45, 2.75) is 5.76 Å². The third-order valence-electron chi connectivity index (χ3n) is 0.225. The van der Waals surface area contributed by atoms with Crippen molar-refractivity contribution in [3.8, 4) is 0 Å². The molecule has 0 saturated carbocycles. The van der Waals surface area contributed by atoms with E-state index in [1.165, 1.54) is 0 Å². The first kappa shape index (κ1) is 11.5. The molecule has 0 aromatic carbocycles. The van der Waals surface area contributed by atoms with Crippen molar-refractivity contribution in [1.29, 1.82) is 0 Å². The molecule has 0 spiro atoms. The van der Waals surface area contributed by atoms with Crippen LogP contribution < -0.4 is 0 Å². The summed E-state index contributed by atoms with van der Waals surface area (Å²) in [5, 5.41) is 0. The average Bonchev–Trinajstić information content (AvgIpc) is 1.31. The van der Waals surface area contributed by atoms with E-state index in [4.69, 9.17) is 13.0 Å². The van der Waals surface area contributed by atoms with Gasteiger partial charge in [0.2, 0.25) is 0 Å². The summed E-state index contributed by atoms with van der Waals surface area (Å²) in [5.41, 5.74) is 0. The summed E-state index contributed by atoms with van der Waals surface area (Å²) in [5.74, 6) is -3.67. The molecule has 0 unspecified atom stereocenters. The molecule has 0 aromatic rings. The summed E-state index contributed by atoms with van der Waals surface area (Å²) in [6.07, 6.45) is 0. The first-order valence-electron chi connectivity index (χ1n) is 1.19. The molecule has 7 heteroatoms. The number of rotatable bonds is 1. The molecule has 46 valence electrons. The van der Waals surface area contributed by atoms with E-state index in [0.29, 0.717) is 0 Å². The largest absolute Gasteiger partial charge is 0.361 e. The zero-order valence-corrected chi connectivity index (χ0v) is 8.57. The smallest absolute Gasteiger partial charge is 0.281 e. The Morgan fingerprint density at radius 3 is 1.50 bits per heavy atom. The van der Waals surface area contributed by atoms with E-state index >= 15 is 0 Å². The summed E-state index contributed by atoms with van der Waals surface area (Å²) in [4.78, 5) is 0. The molecule has 0 aliphatic carbocycles. The molecule has 0 rings (SSSR count). The van der Waals surface area contributed by atoms with Crippen LogP contribution in [0.25, 0.3) is 0 Å². The molecular weight excluding hydrogens is 242 g/mol. The van der Waals surface area contributed by atoms with Crippen LogP contribution in [0.2, 0.25) is 0 Å². The van der Waals surface area contributed by atoms with E-state index < -0.39 is 15.9 Å². The second kappa shape index (κ2) is 3.67. The Bertz CT molecular complexity index is 139. The first-order chi connectivity index (χ1) is 2.94. The molecule has 0 atom stereocenters. The number of alkyl halides is 2. The van der Waals surface area contributed by atoms with E-state index in [1.54, 1.807) is 0 Å². The van der Waals surface area contributed by atoms with Crippen molar-refractivity contribution < 1.29 is 49.1 Å². The van der Waals surface area contributed by atoms with E-state index in [1.807, 2.05) is 0 Å². The van der Waals surface area contributed by atoms with Gasteiger partial charge in [-0.2, -0.15) is 17.2 Å². The van der Waals surface area contributed by atoms with Crippen LogP contribution in [-0.4, -0.2) is 18.7 Å². The van der Waals surface area contributed by atoms with Gasteiger partial charge in [-0.15, -0.1) is 0 Å². The van der Waals surface area contributed by atoms with Gasteiger partial charge < -0.3 is 0 Å². The molecule has 8 heavy (non-hydrogen) atoms. The molecule has 3 nitrogen and oxygen atoms in total. The first-order valence-corrected chi connectivity index (χ1v) is 2.69. The Morgan fingerprint density at radius 2 is 1.50 bits per heavy atom. The maximum atomic E-state index is 10.7. The zero-order valence-electron chi connectivity index (χ0n) is 3.71. The Labute approximate surface area is 65.0 Å². The van der Waals surface area contributed by atoms with Crippen LogP contribution in [0.3, 0.4) is 0 Å². The van der Waals surface area contributed by atoms with Gasteiger partial charge in [-0.25, -0.2) is 0 Å². The van der Waals surface area contributed by atoms with Gasteiger partial charge in [0.1, 0.15) is 0 Å². The van der Waals surface area contributed by atoms with Crippen LogP contribution in [0.4, 0.5) is 8.78 Å². The molecule has 0 amide bonds. The van der Waals surface area contributed by atoms with Gasteiger partial charge in [0, 0.05) is 27.3 Å². The predicted octanol–water partition coefficient (Wildman–Crippen LogP) is 0.0943. The average molecular weight is 244 g/mol. The fraction of sp³-hybridized carbons (Fsp3) is 1.00. The molecule has 0 bridgehead atoms. The molecule has 0 radical (unpaired) electrons. The monoisotopic (exact) mass is 246 g/mol. The zero-order chi connectivity index (χ0) is 6.08. The Hall–Kier alpha value is 0.692. The van der Waals surface area contributed by atoms with Crippen molar-refractivity contribution in [1.82, 2.24) is 0 Å². The van der Waals surface area contributed by atoms with E-state index in [0.717, 1.165) is 0 Å². The fourth-order valence-electron chi connectivity index (χ4n) is 0. The van der Waals surface area contributed by atoms with Crippen LogP contribution in [0, 0.1) is 0 Å². The quantitative estimate of drug-likeness (QED) is 0.526. The molecule has 0 heterocycles. The molecule has 0 fully saturated rings. The van der Waals surface area contributed by atoms with Crippen LogP contribution in [0.15, 0.2) is 0 Å². The van der Waals surface area contributed by atoms with Crippen molar-refractivity contribution in [3.05, 3.63) is 0 Å². The van der Waals surface area contributed by atoms with Crippen molar-refractivity contribution >= 4 is 10.1 Å². The van der Waals surface area contributed by atoms with Gasteiger partial charge in [-0.3, -0.25) is 4.55 Å². The van der Waals surface area contributed by atoms with Gasteiger partial charge >= 0.3 is 15.9 Å². The summed E-state index contributed by atoms with van der Waals surface area (Å²) < 4.78 is 47.0. The SMILES string of the molecule is O=S(=O)(O)C(F)F.[Cd]. The topological polar surface area (TPSA) is 54.4 Å². The Morgan fingerprint density at radius 1 is 1.38 bits per heavy atom. The van der Waals surface area contributed by atoms with Gasteiger partial charge in [0.25, 0.3) is 0 Å². The van der Waals surface area contributed by atoms with Gasteiger partial charge in [0.05, 0.1) is 0 Å². The third kappa shape index (κ3) is 4.84. The molecule has 1 N–H and O–H groups in total. The van der Waals surface area contributed by atoms with E-state index in [2.05, 4.69) is 0 Å². The second-order valence-corrected chi connectivity index (χ2v) is 2.16. The van der Waals surface area contributed by atoms with Crippen molar-refractivity contribution in [3.63, 3.8) is 0 Å². The molecule has 0 aliphatic rings. The minimum absolute atomic E-state index is 0. The summed E-state index contributed by atoms with van der Waals surface area (Å²) in [7, 11) is -5.07. The minimum atomic E-state index is -5.07. The van der Waals surface area contributed by atoms with Crippen molar-refractivity contribution in [2.75, 3.05) is 0 Å². The summed E-state index contributed by atoms with van der Waals surface area (Å²) in [6.45, 7) is 0. The second-order valence-electron chi connectivity index (χ2n) is 0.776. The van der Waals surface area contributed by atoms with Gasteiger partial charge in [-0.05, 0) is 0 Å². The number of halogens is 2. The van der Waals surface area contributed by atoms with Crippen LogP contribution >= 0.6 is 0 Å². The Balaban J connectivity index is 0. The standard InChI is InChI=1S/CH2F2O3S.Cd/c2-1(3)7(4,5)6;/h1H,(H,4,5,6);. The fourth-order valence-corrected chi connectivity index (χ4v) is 0. The normalized spacial score (nSPS) is 11.0. The minimum Gasteiger partial charge on any atom is -0.281 e. The maximum Gasteiger partial charge on any atom is 0.361 e. The van der Waals surface area contributed by atoms with Gasteiger partial charge in [0.15, 0.2) is 0 Å². The van der Waals surface area contributed by atoms with Crippen LogP contribution in [0.5, 0.6) is 0 Å². The maximum absolute atomic E-state index is 10.7. The van der Waals surface area contributed by atoms with E-state index in [9.17, 15) is 8.78 Å². The molecular formula is CH2CdF2O3S. The van der Waals surface area contributed by atoms with Crippen LogP contribution in [-0.2, 0) is 37.4 Å². The molecule has 0 aromatic heterocycles. The van der Waals surface area contributed by atoms with Crippen LogP contribution in [0.1, 0.15) is 0 Å². The summed E-state index contributed by atoms with van der Waals surface area (Å²) >= 11 is 0.